The normalized spacial score (nSPS) is 18.7. The van der Waals surface area contributed by atoms with Crippen LogP contribution in [0.2, 0.25) is 0 Å². The zero-order valence-electron chi connectivity index (χ0n) is 12.1. The Labute approximate surface area is 136 Å². The van der Waals surface area contributed by atoms with Gasteiger partial charge in [-0.15, -0.1) is 0 Å². The van der Waals surface area contributed by atoms with Gasteiger partial charge in [-0.05, 0) is 12.1 Å². The Morgan fingerprint density at radius 3 is 3.17 bits per heavy atom. The summed E-state index contributed by atoms with van der Waals surface area (Å²) in [7, 11) is 1.56. The molecule has 1 unspecified atom stereocenters. The van der Waals surface area contributed by atoms with Gasteiger partial charge in [-0.25, -0.2) is 4.99 Å². The third-order valence-corrected chi connectivity index (χ3v) is 3.95. The highest BCUT2D eigenvalue weighted by Crippen LogP contribution is 2.22. The molecule has 118 valence electrons. The first kappa shape index (κ1) is 15.2. The van der Waals surface area contributed by atoms with Crippen molar-refractivity contribution in [1.29, 1.82) is 0 Å². The minimum atomic E-state index is -0.590. The summed E-state index contributed by atoms with van der Waals surface area (Å²) in [5.74, 6) is 0.268. The number of methoxy groups -OCH3 is 1. The van der Waals surface area contributed by atoms with E-state index >= 15 is 0 Å². The monoisotopic (exact) mass is 331 g/mol. The van der Waals surface area contributed by atoms with Crippen molar-refractivity contribution in [1.82, 2.24) is 5.32 Å². The Bertz CT molecular complexity index is 744. The Morgan fingerprint density at radius 2 is 2.35 bits per heavy atom. The number of rotatable bonds is 4. The molecule has 3 rings (SSSR count). The molecule has 23 heavy (non-hydrogen) atoms. The molecule has 0 saturated carbocycles. The Balaban J connectivity index is 1.56. The van der Waals surface area contributed by atoms with Crippen LogP contribution in [0.5, 0.6) is 5.75 Å². The summed E-state index contributed by atoms with van der Waals surface area (Å²) in [4.78, 5) is 28.0. The van der Waals surface area contributed by atoms with Crippen LogP contribution in [-0.4, -0.2) is 36.0 Å². The maximum Gasteiger partial charge on any atom is 0.258 e. The fourth-order valence-electron chi connectivity index (χ4n) is 1.98. The van der Waals surface area contributed by atoms with E-state index in [1.807, 2.05) is 0 Å². The molecule has 2 N–H and O–H groups in total. The molecule has 2 aliphatic heterocycles. The van der Waals surface area contributed by atoms with Crippen LogP contribution in [0.25, 0.3) is 0 Å². The van der Waals surface area contributed by atoms with Crippen molar-refractivity contribution in [2.24, 2.45) is 15.2 Å². The van der Waals surface area contributed by atoms with E-state index in [0.29, 0.717) is 22.2 Å². The van der Waals surface area contributed by atoms with E-state index in [4.69, 9.17) is 4.74 Å². The molecule has 0 aromatic heterocycles. The van der Waals surface area contributed by atoms with Gasteiger partial charge in [-0.2, -0.15) is 10.2 Å². The van der Waals surface area contributed by atoms with E-state index in [2.05, 4.69) is 25.9 Å². The summed E-state index contributed by atoms with van der Waals surface area (Å²) < 4.78 is 5.10. The van der Waals surface area contributed by atoms with Crippen LogP contribution in [0.1, 0.15) is 0 Å². The molecule has 2 amide bonds. The number of hydrogen-bond donors (Lipinski definition) is 2. The zero-order chi connectivity index (χ0) is 16.2. The number of amidine groups is 1. The van der Waals surface area contributed by atoms with Gasteiger partial charge in [-0.1, -0.05) is 17.8 Å². The van der Waals surface area contributed by atoms with Gasteiger partial charge in [0.2, 0.25) is 5.91 Å². The highest BCUT2D eigenvalue weighted by Gasteiger charge is 2.29. The van der Waals surface area contributed by atoms with E-state index < -0.39 is 6.17 Å². The predicted octanol–water partition coefficient (Wildman–Crippen LogP) is 1.53. The average Bonchev–Trinajstić information content (AvgIpc) is 3.02. The minimum Gasteiger partial charge on any atom is -0.497 e. The molecule has 1 atom stereocenters. The molecule has 0 radical (unpaired) electrons. The van der Waals surface area contributed by atoms with Gasteiger partial charge in [-0.3, -0.25) is 9.59 Å². The zero-order valence-corrected chi connectivity index (χ0v) is 13.0. The lowest BCUT2D eigenvalue weighted by Crippen LogP contribution is -2.38. The largest absolute Gasteiger partial charge is 0.497 e. The predicted molar refractivity (Wildman–Crippen MR) is 86.4 cm³/mol. The molecule has 0 spiro atoms. The number of amides is 2. The molecular formula is C14H13N5O3S. The number of benzene rings is 1. The first-order valence-corrected chi connectivity index (χ1v) is 7.70. The topological polar surface area (TPSA) is 105 Å². The number of nitrogens with zero attached hydrogens (tertiary/aromatic N) is 3. The summed E-state index contributed by atoms with van der Waals surface area (Å²) in [6.07, 6.45) is 0.799. The average molecular weight is 331 g/mol. The van der Waals surface area contributed by atoms with E-state index in [1.54, 1.807) is 31.4 Å². The number of anilines is 1. The van der Waals surface area contributed by atoms with Crippen molar-refractivity contribution in [2.75, 3.05) is 18.2 Å². The van der Waals surface area contributed by atoms with Crippen molar-refractivity contribution < 1.29 is 14.3 Å². The van der Waals surface area contributed by atoms with Crippen LogP contribution < -0.4 is 15.4 Å². The van der Waals surface area contributed by atoms with Crippen LogP contribution in [0.15, 0.2) is 51.3 Å². The minimum absolute atomic E-state index is 0.110. The van der Waals surface area contributed by atoms with Crippen LogP contribution in [0.4, 0.5) is 5.69 Å². The van der Waals surface area contributed by atoms with E-state index in [-0.39, 0.29) is 17.6 Å². The van der Waals surface area contributed by atoms with Crippen LogP contribution in [0, 0.1) is 0 Å². The second kappa shape index (κ2) is 6.61. The van der Waals surface area contributed by atoms with E-state index in [0.717, 1.165) is 11.8 Å². The Morgan fingerprint density at radius 1 is 1.48 bits per heavy atom. The van der Waals surface area contributed by atoms with Gasteiger partial charge in [0.1, 0.15) is 5.75 Å². The number of azo groups is 1. The Kier molecular flexibility index (Phi) is 4.38. The van der Waals surface area contributed by atoms with Crippen LogP contribution >= 0.6 is 11.8 Å². The summed E-state index contributed by atoms with van der Waals surface area (Å²) in [6.45, 7) is 0. The number of fused-ring (bicyclic) bond motifs is 1. The summed E-state index contributed by atoms with van der Waals surface area (Å²) in [5.41, 5.74) is 1.05. The third kappa shape index (κ3) is 3.57. The third-order valence-electron chi connectivity index (χ3n) is 3.07. The molecule has 0 saturated heterocycles. The van der Waals surface area contributed by atoms with Crippen molar-refractivity contribution in [3.63, 3.8) is 0 Å². The number of ether oxygens (including phenoxy) is 1. The number of carbonyl (C=O) groups excluding carboxylic acids is 2. The maximum absolute atomic E-state index is 12.0. The molecule has 9 heteroatoms. The molecule has 0 bridgehead atoms. The molecule has 0 aliphatic carbocycles. The lowest BCUT2D eigenvalue weighted by molar-refractivity contribution is -0.116. The molecule has 1 aromatic carbocycles. The van der Waals surface area contributed by atoms with Crippen molar-refractivity contribution in [3.8, 4) is 5.75 Å². The quantitative estimate of drug-likeness (QED) is 0.873. The number of thioether (sulfide) groups is 1. The van der Waals surface area contributed by atoms with Crippen molar-refractivity contribution in [3.05, 3.63) is 36.0 Å². The number of hydrogen-bond acceptors (Lipinski definition) is 7. The number of nitrogens with one attached hydrogen (secondary N) is 2. The molecule has 1 aromatic rings. The first-order valence-electron chi connectivity index (χ1n) is 6.71. The molecule has 2 heterocycles. The molecule has 8 nitrogen and oxygen atoms in total. The van der Waals surface area contributed by atoms with E-state index in [1.165, 1.54) is 6.20 Å². The van der Waals surface area contributed by atoms with Gasteiger partial charge in [0.25, 0.3) is 5.91 Å². The summed E-state index contributed by atoms with van der Waals surface area (Å²) >= 11 is 1.13. The lowest BCUT2D eigenvalue weighted by atomic mass is 10.2. The number of carbonyl (C=O) groups is 2. The van der Waals surface area contributed by atoms with Gasteiger partial charge >= 0.3 is 0 Å². The first-order chi connectivity index (χ1) is 11.2. The number of aliphatic imine (C=N–C) groups is 1. The highest BCUT2D eigenvalue weighted by atomic mass is 32.2. The van der Waals surface area contributed by atoms with Gasteiger partial charge < -0.3 is 15.4 Å². The van der Waals surface area contributed by atoms with Gasteiger partial charge in [0.15, 0.2) is 11.3 Å². The standard InChI is InChI=1S/C14H13N5O3S/c1-22-9-4-2-3-8(5-9)16-11(20)7-23-14-17-12-10(6-15-19-12)13(21)18-14/h2-6,12H,7H2,1H3,(H,16,20)(H,17,18,21). The van der Waals surface area contributed by atoms with Gasteiger partial charge in [0, 0.05) is 11.8 Å². The molecular weight excluding hydrogens is 318 g/mol. The van der Waals surface area contributed by atoms with E-state index in [9.17, 15) is 9.59 Å². The second-order valence-electron chi connectivity index (χ2n) is 4.65. The maximum atomic E-state index is 12.0. The van der Waals surface area contributed by atoms with Crippen LogP contribution in [0.3, 0.4) is 0 Å². The SMILES string of the molecule is COc1cccc(NC(=O)CSC2=NC3N=NC=C3C(=O)N2)c1. The van der Waals surface area contributed by atoms with Gasteiger partial charge in [0.05, 0.1) is 24.6 Å². The Hall–Kier alpha value is -2.68. The van der Waals surface area contributed by atoms with Crippen molar-refractivity contribution >= 4 is 34.4 Å². The van der Waals surface area contributed by atoms with Crippen LogP contribution in [-0.2, 0) is 9.59 Å². The fourth-order valence-corrected chi connectivity index (χ4v) is 2.66. The molecule has 2 aliphatic rings. The second-order valence-corrected chi connectivity index (χ2v) is 5.61. The summed E-state index contributed by atoms with van der Waals surface area (Å²) in [5, 5.41) is 13.2. The smallest absolute Gasteiger partial charge is 0.258 e. The highest BCUT2D eigenvalue weighted by molar-refractivity contribution is 8.14. The summed E-state index contributed by atoms with van der Waals surface area (Å²) in [6, 6.07) is 7.06. The lowest BCUT2D eigenvalue weighted by Gasteiger charge is -2.16. The molecule has 0 fully saturated rings. The van der Waals surface area contributed by atoms with Crippen molar-refractivity contribution in [2.45, 2.75) is 6.17 Å². The fraction of sp³-hybridized carbons (Fsp3) is 0.214.